The summed E-state index contributed by atoms with van der Waals surface area (Å²) in [5, 5.41) is 0. The highest BCUT2D eigenvalue weighted by Crippen LogP contribution is 2.21. The first-order valence-corrected chi connectivity index (χ1v) is 5.67. The fourth-order valence-electron chi connectivity index (χ4n) is 1.05. The number of rotatable bonds is 6. The van der Waals surface area contributed by atoms with Gasteiger partial charge in [-0.05, 0) is 16.9 Å². The molecule has 0 atom stereocenters. The standard InChI is InChI=1S/C9H18Cl2NO2/c1-3-5-6-7-8-12(10,11)9(13)14-4-2/h3-8H2,1-2H3/q+1. The molecule has 0 rings (SSSR count). The summed E-state index contributed by atoms with van der Waals surface area (Å²) in [6.07, 6.45) is 3.56. The van der Waals surface area contributed by atoms with E-state index in [-0.39, 0.29) is 0 Å². The van der Waals surface area contributed by atoms with Crippen LogP contribution in [0.3, 0.4) is 0 Å². The molecule has 0 unspecified atom stereocenters. The Morgan fingerprint density at radius 2 is 1.86 bits per heavy atom. The van der Waals surface area contributed by atoms with E-state index in [1.165, 1.54) is 0 Å². The summed E-state index contributed by atoms with van der Waals surface area (Å²) in [7, 11) is 0. The van der Waals surface area contributed by atoms with Crippen molar-refractivity contribution in [3.8, 4) is 0 Å². The van der Waals surface area contributed by atoms with E-state index in [0.717, 1.165) is 25.7 Å². The Balaban J connectivity index is 3.76. The van der Waals surface area contributed by atoms with Gasteiger partial charge in [-0.1, -0.05) is 19.8 Å². The Bertz CT molecular complexity index is 174. The lowest BCUT2D eigenvalue weighted by Crippen LogP contribution is -2.36. The molecule has 0 N–H and O–H groups in total. The maximum atomic E-state index is 11.2. The van der Waals surface area contributed by atoms with Crippen LogP contribution in [-0.2, 0) is 4.74 Å². The molecule has 0 saturated heterocycles. The van der Waals surface area contributed by atoms with Crippen molar-refractivity contribution >= 4 is 29.6 Å². The average Bonchev–Trinajstić information content (AvgIpc) is 2.13. The van der Waals surface area contributed by atoms with Crippen molar-refractivity contribution in [2.75, 3.05) is 13.2 Å². The van der Waals surface area contributed by atoms with E-state index in [9.17, 15) is 4.79 Å². The summed E-state index contributed by atoms with van der Waals surface area (Å²) < 4.78 is 4.02. The molecule has 0 aliphatic rings. The monoisotopic (exact) mass is 242 g/mol. The lowest BCUT2D eigenvalue weighted by atomic mass is 10.2. The van der Waals surface area contributed by atoms with Crippen molar-refractivity contribution in [2.24, 2.45) is 0 Å². The normalized spacial score (nSPS) is 11.4. The summed E-state index contributed by atoms with van der Waals surface area (Å²) >= 11 is 11.5. The van der Waals surface area contributed by atoms with Crippen molar-refractivity contribution in [1.29, 1.82) is 0 Å². The van der Waals surface area contributed by atoms with Gasteiger partial charge < -0.3 is 4.74 Å². The van der Waals surface area contributed by atoms with Crippen LogP contribution in [0.1, 0.15) is 39.5 Å². The summed E-state index contributed by atoms with van der Waals surface area (Å²) in [6, 6.07) is 0. The molecule has 0 saturated carbocycles. The Hall–Kier alpha value is 0.01000. The molecule has 0 aromatic carbocycles. The Morgan fingerprint density at radius 3 is 2.36 bits per heavy atom. The molecule has 3 nitrogen and oxygen atoms in total. The molecule has 0 bridgehead atoms. The highest BCUT2D eigenvalue weighted by molar-refractivity contribution is 6.28. The maximum Gasteiger partial charge on any atom is 0.553 e. The number of halogens is 2. The lowest BCUT2D eigenvalue weighted by molar-refractivity contribution is -0.610. The molecule has 5 heteroatoms. The maximum absolute atomic E-state index is 11.2. The zero-order valence-corrected chi connectivity index (χ0v) is 10.3. The fourth-order valence-corrected chi connectivity index (χ4v) is 1.38. The minimum Gasteiger partial charge on any atom is -0.418 e. The smallest absolute Gasteiger partial charge is 0.418 e. The van der Waals surface area contributed by atoms with E-state index < -0.39 is 9.61 Å². The van der Waals surface area contributed by atoms with Gasteiger partial charge in [0.15, 0.2) is 23.6 Å². The van der Waals surface area contributed by atoms with Crippen molar-refractivity contribution in [3.05, 3.63) is 0 Å². The second-order valence-corrected chi connectivity index (χ2v) is 4.44. The zero-order chi connectivity index (χ0) is 11.0. The third-order valence-electron chi connectivity index (χ3n) is 1.83. The van der Waals surface area contributed by atoms with Crippen LogP contribution in [0.2, 0.25) is 0 Å². The third kappa shape index (κ3) is 5.68. The van der Waals surface area contributed by atoms with E-state index in [0.29, 0.717) is 13.2 Å². The number of ether oxygens (including phenoxy) is 1. The highest BCUT2D eigenvalue weighted by Gasteiger charge is 2.36. The zero-order valence-electron chi connectivity index (χ0n) is 8.76. The summed E-state index contributed by atoms with van der Waals surface area (Å²) in [5.74, 6) is 0. The average molecular weight is 243 g/mol. The second kappa shape index (κ2) is 7.32. The molecule has 1 amide bonds. The van der Waals surface area contributed by atoms with Gasteiger partial charge in [-0.15, -0.1) is 0 Å². The predicted molar refractivity (Wildman–Crippen MR) is 58.0 cm³/mol. The van der Waals surface area contributed by atoms with E-state index in [4.69, 9.17) is 28.3 Å². The molecule has 0 aromatic rings. The first kappa shape index (κ1) is 14.0. The van der Waals surface area contributed by atoms with Crippen molar-refractivity contribution in [2.45, 2.75) is 39.5 Å². The fraction of sp³-hybridized carbons (Fsp3) is 0.889. The Kier molecular flexibility index (Phi) is 7.33. The van der Waals surface area contributed by atoms with E-state index in [1.807, 2.05) is 0 Å². The quantitative estimate of drug-likeness (QED) is 0.523. The molecule has 0 aromatic heterocycles. The number of unbranched alkanes of at least 4 members (excludes halogenated alkanes) is 3. The van der Waals surface area contributed by atoms with E-state index >= 15 is 0 Å². The largest absolute Gasteiger partial charge is 0.553 e. The van der Waals surface area contributed by atoms with Gasteiger partial charge in [-0.2, -0.15) is 4.79 Å². The summed E-state index contributed by atoms with van der Waals surface area (Å²) in [6.45, 7) is 4.55. The van der Waals surface area contributed by atoms with E-state index in [2.05, 4.69) is 6.92 Å². The van der Waals surface area contributed by atoms with E-state index in [1.54, 1.807) is 6.92 Å². The topological polar surface area (TPSA) is 26.3 Å². The molecule has 0 fully saturated rings. The van der Waals surface area contributed by atoms with Crippen molar-refractivity contribution in [3.63, 3.8) is 0 Å². The van der Waals surface area contributed by atoms with Gasteiger partial charge in [0.1, 0.15) is 6.54 Å². The van der Waals surface area contributed by atoms with Crippen LogP contribution in [-0.4, -0.2) is 22.8 Å². The SMILES string of the molecule is CCCCCC[N+](Cl)(Cl)C(=O)OCC. The predicted octanol–water partition coefficient (Wildman–Crippen LogP) is 3.85. The molecule has 0 aliphatic carbocycles. The molecule has 0 spiro atoms. The van der Waals surface area contributed by atoms with Crippen LogP contribution in [0.5, 0.6) is 0 Å². The van der Waals surface area contributed by atoms with Crippen LogP contribution in [0.4, 0.5) is 4.79 Å². The molecule has 0 aliphatic heterocycles. The number of hydrogen-bond donors (Lipinski definition) is 0. The molecule has 0 heterocycles. The van der Waals surface area contributed by atoms with Gasteiger partial charge in [-0.3, -0.25) is 0 Å². The highest BCUT2D eigenvalue weighted by atomic mass is 35.5. The number of carbonyl (C=O) groups is 1. The molecular weight excluding hydrogens is 225 g/mol. The number of quaternary nitrogens is 1. The number of hydrogen-bond acceptors (Lipinski definition) is 2. The number of carbonyl (C=O) groups excluding carboxylic acids is 1. The Labute approximate surface area is 95.7 Å². The third-order valence-corrected chi connectivity index (χ3v) is 2.44. The van der Waals surface area contributed by atoms with Gasteiger partial charge in [0.2, 0.25) is 0 Å². The molecule has 14 heavy (non-hydrogen) atoms. The minimum absolute atomic E-state index is 0.299. The van der Waals surface area contributed by atoms with Crippen molar-refractivity contribution < 1.29 is 13.1 Å². The number of amides is 1. The minimum atomic E-state index is -0.711. The first-order chi connectivity index (χ1) is 6.54. The van der Waals surface area contributed by atoms with Gasteiger partial charge in [0.05, 0.1) is 6.61 Å². The first-order valence-electron chi connectivity index (χ1n) is 4.99. The molecule has 0 radical (unpaired) electrons. The van der Waals surface area contributed by atoms with Gasteiger partial charge in [-0.25, -0.2) is 0 Å². The van der Waals surface area contributed by atoms with Crippen LogP contribution in [0, 0.1) is 0 Å². The van der Waals surface area contributed by atoms with Crippen LogP contribution in [0.15, 0.2) is 0 Å². The molecular formula is C9H18Cl2NO2+. The summed E-state index contributed by atoms with van der Waals surface area (Å²) in [5.41, 5.74) is 0. The van der Waals surface area contributed by atoms with Crippen LogP contribution in [0.25, 0.3) is 0 Å². The van der Waals surface area contributed by atoms with Gasteiger partial charge in [0, 0.05) is 6.42 Å². The van der Waals surface area contributed by atoms with Crippen LogP contribution >= 0.6 is 23.6 Å². The second-order valence-electron chi connectivity index (χ2n) is 3.11. The van der Waals surface area contributed by atoms with Crippen LogP contribution < -0.4 is 0 Å². The number of nitrogens with zero attached hydrogens (tertiary/aromatic N) is 1. The molecule has 84 valence electrons. The Morgan fingerprint density at radius 1 is 1.21 bits per heavy atom. The van der Waals surface area contributed by atoms with Crippen molar-refractivity contribution in [1.82, 2.24) is 0 Å². The lowest BCUT2D eigenvalue weighted by Gasteiger charge is -2.14. The summed E-state index contributed by atoms with van der Waals surface area (Å²) in [4.78, 5) is 11.2. The van der Waals surface area contributed by atoms with Gasteiger partial charge >= 0.3 is 6.09 Å². The van der Waals surface area contributed by atoms with Gasteiger partial charge in [0.25, 0.3) is 0 Å².